The lowest BCUT2D eigenvalue weighted by atomic mass is 9.93. The Kier molecular flexibility index (Phi) is 3.52. The highest BCUT2D eigenvalue weighted by atomic mass is 14.6. The van der Waals surface area contributed by atoms with Crippen LogP contribution in [0.5, 0.6) is 0 Å². The van der Waals surface area contributed by atoms with E-state index in [0.29, 0.717) is 6.42 Å². The Morgan fingerprint density at radius 2 is 2.00 bits per heavy atom. The third kappa shape index (κ3) is 2.92. The van der Waals surface area contributed by atoms with Crippen molar-refractivity contribution in [3.8, 4) is 6.07 Å². The third-order valence-electron chi connectivity index (χ3n) is 2.80. The molecule has 1 atom stereocenters. The molecule has 2 aromatic rings. The lowest BCUT2D eigenvalue weighted by Crippen LogP contribution is -2.00. The number of nitriles is 1. The Balaban J connectivity index is 2.18. The van der Waals surface area contributed by atoms with Crippen LogP contribution in [0.1, 0.15) is 22.6 Å². The van der Waals surface area contributed by atoms with Crippen LogP contribution >= 0.6 is 0 Å². The summed E-state index contributed by atoms with van der Waals surface area (Å²) in [7, 11) is 0. The molecule has 1 aromatic carbocycles. The van der Waals surface area contributed by atoms with Crippen LogP contribution < -0.4 is 0 Å². The van der Waals surface area contributed by atoms with E-state index in [2.05, 4.69) is 11.1 Å². The van der Waals surface area contributed by atoms with Crippen molar-refractivity contribution in [1.29, 1.82) is 5.26 Å². The Bertz CT molecular complexity index is 509. The standard InChI is InChI=1S/C15H14N2/c1-12-4-6-14(7-5-12)15(10-16)9-13-3-2-8-17-11-13/h2-8,11,15H,9H2,1H3. The zero-order valence-corrected chi connectivity index (χ0v) is 9.80. The highest BCUT2D eigenvalue weighted by Crippen LogP contribution is 2.20. The first kappa shape index (κ1) is 11.3. The average Bonchev–Trinajstić information content (AvgIpc) is 2.38. The maximum Gasteiger partial charge on any atom is 0.0753 e. The summed E-state index contributed by atoms with van der Waals surface area (Å²) in [4.78, 5) is 4.07. The van der Waals surface area contributed by atoms with E-state index in [9.17, 15) is 5.26 Å². The fraction of sp³-hybridized carbons (Fsp3) is 0.200. The van der Waals surface area contributed by atoms with E-state index in [-0.39, 0.29) is 5.92 Å². The molecule has 2 nitrogen and oxygen atoms in total. The first-order valence-corrected chi connectivity index (χ1v) is 5.64. The molecule has 2 rings (SSSR count). The number of rotatable bonds is 3. The van der Waals surface area contributed by atoms with Gasteiger partial charge in [0, 0.05) is 12.4 Å². The second-order valence-corrected chi connectivity index (χ2v) is 4.16. The summed E-state index contributed by atoms with van der Waals surface area (Å²) in [5.41, 5.74) is 3.38. The lowest BCUT2D eigenvalue weighted by molar-refractivity contribution is 0.843. The summed E-state index contributed by atoms with van der Waals surface area (Å²) in [6, 6.07) is 14.4. The fourth-order valence-electron chi connectivity index (χ4n) is 1.79. The molecular formula is C15H14N2. The van der Waals surface area contributed by atoms with Crippen molar-refractivity contribution in [3.05, 3.63) is 65.5 Å². The first-order valence-electron chi connectivity index (χ1n) is 5.64. The minimum Gasteiger partial charge on any atom is -0.264 e. The SMILES string of the molecule is Cc1ccc(C(C#N)Cc2cccnc2)cc1. The molecule has 0 aliphatic rings. The second kappa shape index (κ2) is 5.27. The van der Waals surface area contributed by atoms with Crippen LogP contribution in [0.3, 0.4) is 0 Å². The van der Waals surface area contributed by atoms with Crippen LogP contribution in [0.15, 0.2) is 48.8 Å². The van der Waals surface area contributed by atoms with Gasteiger partial charge in [-0.1, -0.05) is 35.9 Å². The van der Waals surface area contributed by atoms with E-state index < -0.39 is 0 Å². The number of benzene rings is 1. The summed E-state index contributed by atoms with van der Waals surface area (Å²) < 4.78 is 0. The molecule has 0 N–H and O–H groups in total. The molecule has 0 aliphatic heterocycles. The van der Waals surface area contributed by atoms with Crippen LogP contribution in [0.25, 0.3) is 0 Å². The van der Waals surface area contributed by atoms with Crippen molar-refractivity contribution in [2.24, 2.45) is 0 Å². The summed E-state index contributed by atoms with van der Waals surface area (Å²) in [6.07, 6.45) is 4.28. The third-order valence-corrected chi connectivity index (χ3v) is 2.80. The highest BCUT2D eigenvalue weighted by molar-refractivity contribution is 5.30. The molecule has 0 fully saturated rings. The molecule has 0 saturated heterocycles. The van der Waals surface area contributed by atoms with Gasteiger partial charge >= 0.3 is 0 Å². The smallest absolute Gasteiger partial charge is 0.0753 e. The van der Waals surface area contributed by atoms with Crippen LogP contribution in [-0.2, 0) is 6.42 Å². The highest BCUT2D eigenvalue weighted by Gasteiger charge is 2.11. The van der Waals surface area contributed by atoms with Gasteiger partial charge in [0.25, 0.3) is 0 Å². The Labute approximate surface area is 102 Å². The Hall–Kier alpha value is -2.14. The van der Waals surface area contributed by atoms with Crippen molar-refractivity contribution in [2.75, 3.05) is 0 Å². The molecule has 2 heteroatoms. The van der Waals surface area contributed by atoms with Gasteiger partial charge in [0.05, 0.1) is 12.0 Å². The van der Waals surface area contributed by atoms with Crippen molar-refractivity contribution < 1.29 is 0 Å². The minimum absolute atomic E-state index is 0.0974. The Morgan fingerprint density at radius 3 is 2.59 bits per heavy atom. The average molecular weight is 222 g/mol. The lowest BCUT2D eigenvalue weighted by Gasteiger charge is -2.09. The normalized spacial score (nSPS) is 11.8. The van der Waals surface area contributed by atoms with Gasteiger partial charge in [-0.25, -0.2) is 0 Å². The fourth-order valence-corrected chi connectivity index (χ4v) is 1.79. The predicted molar refractivity (Wildman–Crippen MR) is 67.5 cm³/mol. The molecule has 0 aliphatic carbocycles. The molecule has 0 amide bonds. The minimum atomic E-state index is -0.0974. The molecule has 0 bridgehead atoms. The number of aryl methyl sites for hydroxylation is 1. The molecule has 1 aromatic heterocycles. The molecule has 0 spiro atoms. The Morgan fingerprint density at radius 1 is 1.24 bits per heavy atom. The van der Waals surface area contributed by atoms with Gasteiger partial charge in [-0.2, -0.15) is 5.26 Å². The van der Waals surface area contributed by atoms with Crippen LogP contribution in [0.4, 0.5) is 0 Å². The van der Waals surface area contributed by atoms with E-state index >= 15 is 0 Å². The van der Waals surface area contributed by atoms with Crippen molar-refractivity contribution in [3.63, 3.8) is 0 Å². The topological polar surface area (TPSA) is 36.7 Å². The van der Waals surface area contributed by atoms with Crippen molar-refractivity contribution in [1.82, 2.24) is 4.98 Å². The molecule has 84 valence electrons. The molecular weight excluding hydrogens is 208 g/mol. The summed E-state index contributed by atoms with van der Waals surface area (Å²) in [5, 5.41) is 9.24. The predicted octanol–water partition coefficient (Wildman–Crippen LogP) is 3.24. The zero-order valence-electron chi connectivity index (χ0n) is 9.80. The second-order valence-electron chi connectivity index (χ2n) is 4.16. The number of hydrogen-bond acceptors (Lipinski definition) is 2. The quantitative estimate of drug-likeness (QED) is 0.799. The van der Waals surface area contributed by atoms with E-state index in [1.807, 2.05) is 49.5 Å². The van der Waals surface area contributed by atoms with Gasteiger partial charge < -0.3 is 0 Å². The molecule has 1 heterocycles. The van der Waals surface area contributed by atoms with Gasteiger partial charge in [0.2, 0.25) is 0 Å². The zero-order chi connectivity index (χ0) is 12.1. The molecule has 17 heavy (non-hydrogen) atoms. The monoisotopic (exact) mass is 222 g/mol. The number of hydrogen-bond donors (Lipinski definition) is 0. The van der Waals surface area contributed by atoms with Gasteiger partial charge in [-0.15, -0.1) is 0 Å². The largest absolute Gasteiger partial charge is 0.264 e. The van der Waals surface area contributed by atoms with Gasteiger partial charge in [-0.3, -0.25) is 4.98 Å². The van der Waals surface area contributed by atoms with E-state index in [0.717, 1.165) is 11.1 Å². The maximum absolute atomic E-state index is 9.24. The van der Waals surface area contributed by atoms with Crippen LogP contribution in [0.2, 0.25) is 0 Å². The van der Waals surface area contributed by atoms with Gasteiger partial charge in [-0.05, 0) is 30.5 Å². The summed E-state index contributed by atoms with van der Waals surface area (Å²) in [5.74, 6) is -0.0974. The van der Waals surface area contributed by atoms with Crippen molar-refractivity contribution in [2.45, 2.75) is 19.3 Å². The summed E-state index contributed by atoms with van der Waals surface area (Å²) >= 11 is 0. The number of aromatic nitrogens is 1. The van der Waals surface area contributed by atoms with Crippen molar-refractivity contribution >= 4 is 0 Å². The van der Waals surface area contributed by atoms with Gasteiger partial charge in [0.15, 0.2) is 0 Å². The van der Waals surface area contributed by atoms with Gasteiger partial charge in [0.1, 0.15) is 0 Å². The van der Waals surface area contributed by atoms with Crippen LogP contribution in [0, 0.1) is 18.3 Å². The number of nitrogens with zero attached hydrogens (tertiary/aromatic N) is 2. The molecule has 0 saturated carbocycles. The summed E-state index contributed by atoms with van der Waals surface area (Å²) in [6.45, 7) is 2.05. The van der Waals surface area contributed by atoms with E-state index in [1.165, 1.54) is 5.56 Å². The van der Waals surface area contributed by atoms with E-state index in [1.54, 1.807) is 6.20 Å². The maximum atomic E-state index is 9.24. The van der Waals surface area contributed by atoms with Crippen LogP contribution in [-0.4, -0.2) is 4.98 Å². The molecule has 1 unspecified atom stereocenters. The first-order chi connectivity index (χ1) is 8.29. The number of pyridine rings is 1. The van der Waals surface area contributed by atoms with E-state index in [4.69, 9.17) is 0 Å². The molecule has 0 radical (unpaired) electrons.